The number of hydrogen-bond donors (Lipinski definition) is 0. The van der Waals surface area contributed by atoms with Gasteiger partial charge in [-0.05, 0) is 0 Å². The Bertz CT molecular complexity index is 122. The molecule has 0 aromatic heterocycles. The molecule has 0 aliphatic rings. The highest BCUT2D eigenvalue weighted by atomic mass is 14.0. The topological polar surface area (TPSA) is 0 Å². The van der Waals surface area contributed by atoms with Crippen molar-refractivity contribution < 1.29 is 0 Å². The fourth-order valence-corrected chi connectivity index (χ4v) is 2.33. The second-order valence-corrected chi connectivity index (χ2v) is 5.09. The third-order valence-corrected chi connectivity index (χ3v) is 3.72. The smallest absolute Gasteiger partial charge is 0.0887 e. The second kappa shape index (κ2) is 13.2. The van der Waals surface area contributed by atoms with Gasteiger partial charge in [0.2, 0.25) is 0 Å². The van der Waals surface area contributed by atoms with Crippen molar-refractivity contribution in [1.82, 2.24) is 0 Å². The summed E-state index contributed by atoms with van der Waals surface area (Å²) in [6.07, 6.45) is 16.2. The van der Waals surface area contributed by atoms with Crippen LogP contribution in [0.4, 0.5) is 0 Å². The van der Waals surface area contributed by atoms with Crippen molar-refractivity contribution in [3.63, 3.8) is 0 Å². The van der Waals surface area contributed by atoms with Crippen molar-refractivity contribution >= 4 is 14.6 Å². The van der Waals surface area contributed by atoms with Crippen molar-refractivity contribution in [3.05, 3.63) is 0 Å². The van der Waals surface area contributed by atoms with Crippen LogP contribution in [0.5, 0.6) is 0 Å². The molecule has 0 spiro atoms. The lowest BCUT2D eigenvalue weighted by Crippen LogP contribution is -2.07. The fourth-order valence-electron chi connectivity index (χ4n) is 2.33. The Hall–Kier alpha value is 0.130. The predicted molar refractivity (Wildman–Crippen MR) is 79.0 cm³/mol. The van der Waals surface area contributed by atoms with Crippen LogP contribution in [-0.4, -0.2) is 14.6 Å². The second-order valence-electron chi connectivity index (χ2n) is 5.09. The number of rotatable bonds is 12. The zero-order valence-corrected chi connectivity index (χ0v) is 11.6. The first-order chi connectivity index (χ1) is 7.85. The van der Waals surface area contributed by atoms with Gasteiger partial charge in [0.1, 0.15) is 6.71 Å². The van der Waals surface area contributed by atoms with Gasteiger partial charge >= 0.3 is 0 Å². The lowest BCUT2D eigenvalue weighted by atomic mass is 9.43. The van der Waals surface area contributed by atoms with E-state index in [2.05, 4.69) is 13.8 Å². The molecule has 0 fully saturated rings. The molecule has 0 bridgehead atoms. The standard InChI is InChI=1S/C14H30B2/c1-3-16(4-2)14-12-10-8-6-5-7-9-11-13-15/h3-14H2,1-2H3. The van der Waals surface area contributed by atoms with Gasteiger partial charge in [0.25, 0.3) is 0 Å². The average Bonchev–Trinajstić information content (AvgIpc) is 2.32. The van der Waals surface area contributed by atoms with Gasteiger partial charge < -0.3 is 0 Å². The van der Waals surface area contributed by atoms with E-state index in [0.29, 0.717) is 0 Å². The quantitative estimate of drug-likeness (QED) is 0.312. The molecule has 0 saturated heterocycles. The summed E-state index contributed by atoms with van der Waals surface area (Å²) < 4.78 is 0. The van der Waals surface area contributed by atoms with Crippen LogP contribution >= 0.6 is 0 Å². The Morgan fingerprint density at radius 2 is 1.12 bits per heavy atom. The molecule has 0 aliphatic carbocycles. The van der Waals surface area contributed by atoms with Gasteiger partial charge in [0.15, 0.2) is 0 Å². The van der Waals surface area contributed by atoms with Crippen molar-refractivity contribution in [2.75, 3.05) is 0 Å². The largest absolute Gasteiger partial charge is 0.139 e. The highest BCUT2D eigenvalue weighted by molar-refractivity contribution is 6.58. The minimum Gasteiger partial charge on any atom is -0.0887 e. The molecule has 0 unspecified atom stereocenters. The lowest BCUT2D eigenvalue weighted by Gasteiger charge is -2.07. The minimum atomic E-state index is 0.870. The van der Waals surface area contributed by atoms with E-state index in [1.54, 1.807) is 0 Å². The van der Waals surface area contributed by atoms with Gasteiger partial charge in [-0.1, -0.05) is 90.5 Å². The van der Waals surface area contributed by atoms with Crippen LogP contribution in [0.1, 0.15) is 65.2 Å². The maximum Gasteiger partial charge on any atom is 0.139 e. The Labute approximate surface area is 105 Å². The summed E-state index contributed by atoms with van der Waals surface area (Å²) in [5.41, 5.74) is 0. The van der Waals surface area contributed by atoms with Crippen LogP contribution in [0.15, 0.2) is 0 Å². The first-order valence-electron chi connectivity index (χ1n) is 7.55. The molecule has 0 amide bonds. The molecule has 92 valence electrons. The highest BCUT2D eigenvalue weighted by Gasteiger charge is 2.06. The normalized spacial score (nSPS) is 10.6. The molecule has 0 nitrogen and oxygen atoms in total. The summed E-state index contributed by atoms with van der Waals surface area (Å²) >= 11 is 0. The molecular formula is C14H30B2. The molecule has 0 N–H and O–H groups in total. The van der Waals surface area contributed by atoms with E-state index in [-0.39, 0.29) is 0 Å². The Kier molecular flexibility index (Phi) is 13.3. The van der Waals surface area contributed by atoms with Crippen LogP contribution < -0.4 is 0 Å². The Morgan fingerprint density at radius 3 is 1.56 bits per heavy atom. The summed E-state index contributed by atoms with van der Waals surface area (Å²) in [5.74, 6) is 0. The first-order valence-corrected chi connectivity index (χ1v) is 7.55. The molecule has 0 atom stereocenters. The van der Waals surface area contributed by atoms with E-state index in [0.717, 1.165) is 13.0 Å². The highest BCUT2D eigenvalue weighted by Crippen LogP contribution is 2.13. The summed E-state index contributed by atoms with van der Waals surface area (Å²) in [7, 11) is 5.46. The number of hydrogen-bond acceptors (Lipinski definition) is 0. The number of unbranched alkanes of at least 4 members (excludes halogenated alkanes) is 7. The molecule has 16 heavy (non-hydrogen) atoms. The van der Waals surface area contributed by atoms with Gasteiger partial charge in [-0.15, -0.1) is 0 Å². The Balaban J connectivity index is 3.03. The predicted octanol–water partition coefficient (Wildman–Crippen LogP) is 5.23. The van der Waals surface area contributed by atoms with E-state index in [9.17, 15) is 0 Å². The lowest BCUT2D eigenvalue weighted by molar-refractivity contribution is 0.584. The molecule has 0 saturated carbocycles. The van der Waals surface area contributed by atoms with E-state index < -0.39 is 0 Å². The fraction of sp³-hybridized carbons (Fsp3) is 1.00. The van der Waals surface area contributed by atoms with Crippen molar-refractivity contribution in [3.8, 4) is 0 Å². The van der Waals surface area contributed by atoms with E-state index in [1.807, 2.05) is 0 Å². The van der Waals surface area contributed by atoms with Crippen molar-refractivity contribution in [2.24, 2.45) is 0 Å². The third-order valence-electron chi connectivity index (χ3n) is 3.72. The summed E-state index contributed by atoms with van der Waals surface area (Å²) in [6, 6.07) is 0. The van der Waals surface area contributed by atoms with E-state index >= 15 is 0 Å². The molecule has 2 heteroatoms. The van der Waals surface area contributed by atoms with Crippen LogP contribution in [0.25, 0.3) is 0 Å². The van der Waals surface area contributed by atoms with Gasteiger partial charge in [0.05, 0.1) is 7.85 Å². The van der Waals surface area contributed by atoms with Crippen LogP contribution in [-0.2, 0) is 0 Å². The zero-order chi connectivity index (χ0) is 12.1. The molecule has 0 aliphatic heterocycles. The first kappa shape index (κ1) is 16.1. The molecular weight excluding hydrogens is 190 g/mol. The van der Waals surface area contributed by atoms with Gasteiger partial charge in [-0.25, -0.2) is 0 Å². The summed E-state index contributed by atoms with van der Waals surface area (Å²) in [6.45, 7) is 5.64. The molecule has 0 aromatic rings. The van der Waals surface area contributed by atoms with Crippen molar-refractivity contribution in [1.29, 1.82) is 0 Å². The van der Waals surface area contributed by atoms with Gasteiger partial charge in [0, 0.05) is 0 Å². The van der Waals surface area contributed by atoms with Crippen LogP contribution in [0, 0.1) is 0 Å². The van der Waals surface area contributed by atoms with E-state index in [4.69, 9.17) is 7.85 Å². The van der Waals surface area contributed by atoms with Crippen LogP contribution in [0.3, 0.4) is 0 Å². The molecule has 0 heterocycles. The molecule has 2 radical (unpaired) electrons. The summed E-state index contributed by atoms with van der Waals surface area (Å²) in [4.78, 5) is 0. The average molecular weight is 220 g/mol. The van der Waals surface area contributed by atoms with Gasteiger partial charge in [-0.2, -0.15) is 0 Å². The maximum absolute atomic E-state index is 5.46. The van der Waals surface area contributed by atoms with Crippen molar-refractivity contribution in [2.45, 2.75) is 90.5 Å². The van der Waals surface area contributed by atoms with Gasteiger partial charge in [-0.3, -0.25) is 0 Å². The third kappa shape index (κ3) is 10.6. The van der Waals surface area contributed by atoms with Crippen LogP contribution in [0.2, 0.25) is 25.3 Å². The minimum absolute atomic E-state index is 0.870. The maximum atomic E-state index is 5.46. The molecule has 0 aromatic carbocycles. The molecule has 0 rings (SSSR count). The monoisotopic (exact) mass is 220 g/mol. The summed E-state index contributed by atoms with van der Waals surface area (Å²) in [5, 5.41) is 0. The SMILES string of the molecule is [B]CCCCCCCCCCB(CC)CC. The Morgan fingerprint density at radius 1 is 0.688 bits per heavy atom. The van der Waals surface area contributed by atoms with E-state index in [1.165, 1.54) is 70.3 Å². The zero-order valence-electron chi connectivity index (χ0n) is 11.6.